The van der Waals surface area contributed by atoms with Crippen molar-refractivity contribution in [2.75, 3.05) is 11.1 Å². The molecule has 2 N–H and O–H groups in total. The number of carbonyl (C=O) groups excluding carboxylic acids is 2. The predicted molar refractivity (Wildman–Crippen MR) is 102 cm³/mol. The van der Waals surface area contributed by atoms with Gasteiger partial charge >= 0.3 is 0 Å². The summed E-state index contributed by atoms with van der Waals surface area (Å²) in [6, 6.07) is 17.1. The van der Waals surface area contributed by atoms with Crippen molar-refractivity contribution in [2.45, 2.75) is 19.4 Å². The summed E-state index contributed by atoms with van der Waals surface area (Å²) in [4.78, 5) is 28.6. The third-order valence-corrected chi connectivity index (χ3v) is 4.65. The van der Waals surface area contributed by atoms with E-state index in [1.54, 1.807) is 0 Å². The second-order valence-electron chi connectivity index (χ2n) is 5.82. The second kappa shape index (κ2) is 7.98. The van der Waals surface area contributed by atoms with Crippen molar-refractivity contribution in [3.8, 4) is 0 Å². The number of hydrogen-bond donors (Lipinski definition) is 2. The molecule has 5 nitrogen and oxygen atoms in total. The Bertz CT molecular complexity index is 788. The van der Waals surface area contributed by atoms with E-state index in [-0.39, 0.29) is 23.6 Å². The molecule has 1 heterocycles. The van der Waals surface area contributed by atoms with Gasteiger partial charge in [0.25, 0.3) is 0 Å². The first-order chi connectivity index (χ1) is 12.1. The Morgan fingerprint density at radius 2 is 1.92 bits per heavy atom. The molecular formula is C19H19N3O2S. The molecule has 0 spiro atoms. The fraction of sp³-hybridized carbons (Fsp3) is 0.211. The Morgan fingerprint density at radius 1 is 1.20 bits per heavy atom. The average molecular weight is 353 g/mol. The molecule has 0 bridgehead atoms. The minimum Gasteiger partial charge on any atom is -0.325 e. The maximum absolute atomic E-state index is 12.1. The number of amidine groups is 1. The Kier molecular flexibility index (Phi) is 5.50. The monoisotopic (exact) mass is 353 g/mol. The van der Waals surface area contributed by atoms with Crippen LogP contribution in [0.15, 0.2) is 59.6 Å². The van der Waals surface area contributed by atoms with Gasteiger partial charge in [-0.3, -0.25) is 14.6 Å². The molecule has 1 aliphatic heterocycles. The predicted octanol–water partition coefficient (Wildman–Crippen LogP) is 3.28. The molecular weight excluding hydrogens is 334 g/mol. The number of amides is 2. The molecule has 2 aromatic carbocycles. The highest BCUT2D eigenvalue weighted by molar-refractivity contribution is 8.14. The summed E-state index contributed by atoms with van der Waals surface area (Å²) in [5, 5.41) is 6.06. The molecule has 1 atom stereocenters. The summed E-state index contributed by atoms with van der Waals surface area (Å²) in [5.41, 5.74) is 2.89. The van der Waals surface area contributed by atoms with Gasteiger partial charge in [0.05, 0.1) is 18.2 Å². The highest BCUT2D eigenvalue weighted by Crippen LogP contribution is 2.25. The maximum Gasteiger partial charge on any atom is 0.234 e. The van der Waals surface area contributed by atoms with Gasteiger partial charge in [0.2, 0.25) is 11.8 Å². The molecule has 2 aromatic rings. The Balaban J connectivity index is 1.59. The zero-order valence-corrected chi connectivity index (χ0v) is 14.7. The number of aliphatic imine (C=N–C) groups is 1. The van der Waals surface area contributed by atoms with Crippen molar-refractivity contribution in [2.24, 2.45) is 4.99 Å². The molecule has 0 saturated heterocycles. The number of rotatable bonds is 4. The summed E-state index contributed by atoms with van der Waals surface area (Å²) in [6.45, 7) is 1.99. The van der Waals surface area contributed by atoms with Crippen LogP contribution in [0.5, 0.6) is 0 Å². The number of anilines is 1. The van der Waals surface area contributed by atoms with Crippen LogP contribution in [0, 0.1) is 6.92 Å². The molecule has 0 radical (unpaired) electrons. The summed E-state index contributed by atoms with van der Waals surface area (Å²) in [5.74, 6) is -0.0213. The van der Waals surface area contributed by atoms with Crippen LogP contribution in [0.3, 0.4) is 0 Å². The van der Waals surface area contributed by atoms with Gasteiger partial charge < -0.3 is 10.6 Å². The average Bonchev–Trinajstić information content (AvgIpc) is 2.62. The van der Waals surface area contributed by atoms with E-state index in [0.29, 0.717) is 11.6 Å². The van der Waals surface area contributed by atoms with E-state index in [1.165, 1.54) is 11.8 Å². The lowest BCUT2D eigenvalue weighted by atomic mass is 10.0. The molecule has 6 heteroatoms. The van der Waals surface area contributed by atoms with E-state index in [2.05, 4.69) is 15.6 Å². The van der Waals surface area contributed by atoms with Crippen LogP contribution in [0.1, 0.15) is 23.6 Å². The van der Waals surface area contributed by atoms with Gasteiger partial charge in [-0.25, -0.2) is 0 Å². The number of hydrogen-bond acceptors (Lipinski definition) is 4. The van der Waals surface area contributed by atoms with Gasteiger partial charge in [-0.1, -0.05) is 59.8 Å². The van der Waals surface area contributed by atoms with E-state index in [9.17, 15) is 9.59 Å². The minimum atomic E-state index is -0.197. The van der Waals surface area contributed by atoms with Gasteiger partial charge in [-0.2, -0.15) is 0 Å². The molecule has 0 aromatic heterocycles. The smallest absolute Gasteiger partial charge is 0.234 e. The third kappa shape index (κ3) is 4.93. The first kappa shape index (κ1) is 17.2. The highest BCUT2D eigenvalue weighted by atomic mass is 32.2. The fourth-order valence-corrected chi connectivity index (χ4v) is 3.20. The molecule has 0 fully saturated rings. The topological polar surface area (TPSA) is 70.6 Å². The number of carbonyl (C=O) groups is 2. The first-order valence-electron chi connectivity index (χ1n) is 8.02. The van der Waals surface area contributed by atoms with Crippen LogP contribution >= 0.6 is 11.8 Å². The van der Waals surface area contributed by atoms with Gasteiger partial charge in [0.15, 0.2) is 5.17 Å². The SMILES string of the molecule is Cc1ccc(NC(=O)CSC2=N[C@H](c3ccccc3)CC(=O)N2)cc1. The zero-order valence-electron chi connectivity index (χ0n) is 13.9. The van der Waals surface area contributed by atoms with Crippen molar-refractivity contribution >= 4 is 34.4 Å². The molecule has 0 unspecified atom stereocenters. The molecule has 25 heavy (non-hydrogen) atoms. The molecule has 2 amide bonds. The molecule has 0 saturated carbocycles. The number of nitrogens with zero attached hydrogens (tertiary/aromatic N) is 1. The van der Waals surface area contributed by atoms with Gasteiger partial charge in [0, 0.05) is 5.69 Å². The second-order valence-corrected chi connectivity index (χ2v) is 6.78. The van der Waals surface area contributed by atoms with Crippen LogP contribution in [-0.2, 0) is 9.59 Å². The third-order valence-electron chi connectivity index (χ3n) is 3.76. The lowest BCUT2D eigenvalue weighted by Gasteiger charge is -2.20. The number of aryl methyl sites for hydroxylation is 1. The van der Waals surface area contributed by atoms with Gasteiger partial charge in [-0.05, 0) is 24.6 Å². The summed E-state index contributed by atoms with van der Waals surface area (Å²) in [7, 11) is 0. The Morgan fingerprint density at radius 3 is 2.64 bits per heavy atom. The maximum atomic E-state index is 12.1. The van der Waals surface area contributed by atoms with E-state index in [4.69, 9.17) is 0 Å². The van der Waals surface area contributed by atoms with Crippen LogP contribution in [0.25, 0.3) is 0 Å². The summed E-state index contributed by atoms with van der Waals surface area (Å²) in [6.07, 6.45) is 0.323. The van der Waals surface area contributed by atoms with Crippen molar-refractivity contribution in [3.63, 3.8) is 0 Å². The van der Waals surface area contributed by atoms with E-state index in [0.717, 1.165) is 16.8 Å². The summed E-state index contributed by atoms with van der Waals surface area (Å²) < 4.78 is 0. The highest BCUT2D eigenvalue weighted by Gasteiger charge is 2.22. The Hall–Kier alpha value is -2.60. The standard InChI is InChI=1S/C19H19N3O2S/c1-13-7-9-15(10-8-13)20-18(24)12-25-19-21-16(11-17(23)22-19)14-5-3-2-4-6-14/h2-10,16H,11-12H2,1H3,(H,20,24)(H,21,22,23)/t16-/m0/s1. The Labute approximate surface area is 150 Å². The number of benzene rings is 2. The van der Waals surface area contributed by atoms with Crippen LogP contribution < -0.4 is 10.6 Å². The van der Waals surface area contributed by atoms with Crippen molar-refractivity contribution < 1.29 is 9.59 Å². The van der Waals surface area contributed by atoms with Crippen molar-refractivity contribution in [1.82, 2.24) is 5.32 Å². The van der Waals surface area contributed by atoms with Gasteiger partial charge in [0.1, 0.15) is 0 Å². The molecule has 1 aliphatic rings. The van der Waals surface area contributed by atoms with E-state index in [1.807, 2.05) is 61.5 Å². The number of nitrogens with one attached hydrogen (secondary N) is 2. The molecule has 0 aliphatic carbocycles. The summed E-state index contributed by atoms with van der Waals surface area (Å²) >= 11 is 1.24. The first-order valence-corrected chi connectivity index (χ1v) is 9.00. The largest absolute Gasteiger partial charge is 0.325 e. The number of thioether (sulfide) groups is 1. The quantitative estimate of drug-likeness (QED) is 0.886. The molecule has 3 rings (SSSR count). The lowest BCUT2D eigenvalue weighted by Crippen LogP contribution is -2.35. The van der Waals surface area contributed by atoms with Crippen LogP contribution in [0.2, 0.25) is 0 Å². The van der Waals surface area contributed by atoms with Crippen molar-refractivity contribution in [1.29, 1.82) is 0 Å². The lowest BCUT2D eigenvalue weighted by molar-refractivity contribution is -0.120. The van der Waals surface area contributed by atoms with Crippen LogP contribution in [0.4, 0.5) is 5.69 Å². The molecule has 128 valence electrons. The van der Waals surface area contributed by atoms with E-state index < -0.39 is 0 Å². The zero-order chi connectivity index (χ0) is 17.6. The van der Waals surface area contributed by atoms with E-state index >= 15 is 0 Å². The minimum absolute atomic E-state index is 0.0784. The normalized spacial score (nSPS) is 16.8. The van der Waals surface area contributed by atoms with Gasteiger partial charge in [-0.15, -0.1) is 0 Å². The fourth-order valence-electron chi connectivity index (χ4n) is 2.47. The van der Waals surface area contributed by atoms with Crippen molar-refractivity contribution in [3.05, 3.63) is 65.7 Å². The van der Waals surface area contributed by atoms with Crippen LogP contribution in [-0.4, -0.2) is 22.7 Å².